The molecule has 1 atom stereocenters. The van der Waals surface area contributed by atoms with E-state index in [1.165, 1.54) is 0 Å². The normalized spacial score (nSPS) is 12.2. The second-order valence-electron chi connectivity index (χ2n) is 4.33. The van der Waals surface area contributed by atoms with Crippen LogP contribution < -0.4 is 11.1 Å². The first-order valence-electron chi connectivity index (χ1n) is 5.64. The zero-order valence-electron chi connectivity index (χ0n) is 10.5. The molecule has 0 saturated heterocycles. The minimum atomic E-state index is 0.177. The summed E-state index contributed by atoms with van der Waals surface area (Å²) in [5, 5.41) is 12.2. The van der Waals surface area contributed by atoms with Crippen molar-refractivity contribution in [3.63, 3.8) is 0 Å². The molecule has 1 aromatic carbocycles. The Kier molecular flexibility index (Phi) is 4.80. The summed E-state index contributed by atoms with van der Waals surface area (Å²) >= 11 is 0. The van der Waals surface area contributed by atoms with Gasteiger partial charge >= 0.3 is 0 Å². The largest absolute Gasteiger partial charge is 0.396 e. The second kappa shape index (κ2) is 6.12. The highest BCUT2D eigenvalue weighted by Crippen LogP contribution is 2.24. The Morgan fingerprint density at radius 2 is 2.18 bits per heavy atom. The van der Waals surface area contributed by atoms with Crippen LogP contribution in [0.4, 0.5) is 11.4 Å². The number of nitrogen functional groups attached to an aromatic ring is 1. The molecule has 0 fully saturated rings. The number of rotatable bonds is 5. The molecule has 17 heavy (non-hydrogen) atoms. The summed E-state index contributed by atoms with van der Waals surface area (Å²) in [6.45, 7) is 4.83. The Hall–Kier alpha value is -1.73. The molecular weight excluding hydrogens is 214 g/mol. The van der Waals surface area contributed by atoms with E-state index in [0.29, 0.717) is 23.8 Å². The highest BCUT2D eigenvalue weighted by atomic mass is 16.5. The van der Waals surface area contributed by atoms with Gasteiger partial charge in [0.1, 0.15) is 6.07 Å². The Morgan fingerprint density at radius 1 is 1.47 bits per heavy atom. The number of anilines is 2. The third-order valence-corrected chi connectivity index (χ3v) is 2.72. The van der Waals surface area contributed by atoms with Crippen LogP contribution in [0.2, 0.25) is 0 Å². The van der Waals surface area contributed by atoms with E-state index >= 15 is 0 Å². The van der Waals surface area contributed by atoms with Gasteiger partial charge in [-0.2, -0.15) is 5.26 Å². The van der Waals surface area contributed by atoms with Gasteiger partial charge in [-0.25, -0.2) is 0 Å². The number of para-hydroxylation sites is 1. The average Bonchev–Trinajstić information content (AvgIpc) is 2.30. The molecule has 1 rings (SSSR count). The molecule has 4 nitrogen and oxygen atoms in total. The zero-order valence-corrected chi connectivity index (χ0v) is 10.5. The number of hydrogen-bond acceptors (Lipinski definition) is 4. The topological polar surface area (TPSA) is 71.1 Å². The molecule has 0 amide bonds. The average molecular weight is 233 g/mol. The summed E-state index contributed by atoms with van der Waals surface area (Å²) in [7, 11) is 1.67. The molecule has 0 aliphatic heterocycles. The van der Waals surface area contributed by atoms with Crippen LogP contribution >= 0.6 is 0 Å². The smallest absolute Gasteiger partial charge is 0.101 e. The van der Waals surface area contributed by atoms with Crippen molar-refractivity contribution in [3.8, 4) is 6.07 Å². The molecule has 0 heterocycles. The fourth-order valence-corrected chi connectivity index (χ4v) is 1.57. The van der Waals surface area contributed by atoms with Gasteiger partial charge in [0.05, 0.1) is 29.6 Å². The van der Waals surface area contributed by atoms with Gasteiger partial charge in [-0.3, -0.25) is 0 Å². The molecule has 0 bridgehead atoms. The van der Waals surface area contributed by atoms with E-state index in [1.807, 2.05) is 12.1 Å². The van der Waals surface area contributed by atoms with Crippen molar-refractivity contribution in [3.05, 3.63) is 23.8 Å². The van der Waals surface area contributed by atoms with Crippen LogP contribution in [-0.2, 0) is 4.74 Å². The molecule has 4 heteroatoms. The predicted octanol–water partition coefficient (Wildman–Crippen LogP) is 2.22. The van der Waals surface area contributed by atoms with Crippen molar-refractivity contribution < 1.29 is 4.74 Å². The fourth-order valence-electron chi connectivity index (χ4n) is 1.57. The summed E-state index contributed by atoms with van der Waals surface area (Å²) in [6, 6.07) is 7.66. The number of ether oxygens (including phenoxy) is 1. The number of hydrogen-bond donors (Lipinski definition) is 2. The summed E-state index contributed by atoms with van der Waals surface area (Å²) in [5.41, 5.74) is 7.70. The first-order valence-corrected chi connectivity index (χ1v) is 5.64. The maximum atomic E-state index is 8.91. The monoisotopic (exact) mass is 233 g/mol. The van der Waals surface area contributed by atoms with Crippen molar-refractivity contribution in [2.24, 2.45) is 5.92 Å². The molecule has 0 aliphatic rings. The number of nitrogens with two attached hydrogens (primary N) is 1. The maximum Gasteiger partial charge on any atom is 0.101 e. The molecule has 1 unspecified atom stereocenters. The number of nitriles is 1. The van der Waals surface area contributed by atoms with Crippen LogP contribution in [0, 0.1) is 17.2 Å². The molecule has 3 N–H and O–H groups in total. The van der Waals surface area contributed by atoms with Crippen molar-refractivity contribution in [2.45, 2.75) is 19.9 Å². The molecule has 0 spiro atoms. The van der Waals surface area contributed by atoms with E-state index in [2.05, 4.69) is 25.2 Å². The first-order chi connectivity index (χ1) is 8.10. The van der Waals surface area contributed by atoms with Crippen LogP contribution in [0.1, 0.15) is 19.4 Å². The third-order valence-electron chi connectivity index (χ3n) is 2.72. The lowest BCUT2D eigenvalue weighted by molar-refractivity contribution is 0.171. The minimum absolute atomic E-state index is 0.177. The van der Waals surface area contributed by atoms with Crippen molar-refractivity contribution in [2.75, 3.05) is 24.8 Å². The molecule has 0 saturated carbocycles. The summed E-state index contributed by atoms with van der Waals surface area (Å²) in [5.74, 6) is 0.417. The first kappa shape index (κ1) is 13.3. The summed E-state index contributed by atoms with van der Waals surface area (Å²) in [6.07, 6.45) is 0. The van der Waals surface area contributed by atoms with E-state index in [1.54, 1.807) is 13.2 Å². The van der Waals surface area contributed by atoms with Gasteiger partial charge in [0.15, 0.2) is 0 Å². The van der Waals surface area contributed by atoms with Crippen molar-refractivity contribution in [1.29, 1.82) is 5.26 Å². The predicted molar refractivity (Wildman–Crippen MR) is 69.7 cm³/mol. The van der Waals surface area contributed by atoms with Gasteiger partial charge in [0.2, 0.25) is 0 Å². The van der Waals surface area contributed by atoms with Gasteiger partial charge in [0.25, 0.3) is 0 Å². The Morgan fingerprint density at radius 3 is 2.71 bits per heavy atom. The van der Waals surface area contributed by atoms with Crippen LogP contribution in [0.5, 0.6) is 0 Å². The van der Waals surface area contributed by atoms with Crippen LogP contribution in [0.25, 0.3) is 0 Å². The summed E-state index contributed by atoms with van der Waals surface area (Å²) < 4.78 is 5.17. The lowest BCUT2D eigenvalue weighted by Gasteiger charge is -2.23. The Balaban J connectivity index is 2.90. The highest BCUT2D eigenvalue weighted by molar-refractivity contribution is 5.73. The molecule has 0 radical (unpaired) electrons. The van der Waals surface area contributed by atoms with Gasteiger partial charge in [-0.15, -0.1) is 0 Å². The highest BCUT2D eigenvalue weighted by Gasteiger charge is 2.14. The Labute approximate surface area is 102 Å². The standard InChI is InChI=1S/C13H19N3O/c1-9(2)12(8-17-3)16-11-6-4-5-10(7-14)13(11)15/h4-6,9,12,16H,8,15H2,1-3H3. The number of nitrogens with zero attached hydrogens (tertiary/aromatic N) is 1. The van der Waals surface area contributed by atoms with E-state index in [0.717, 1.165) is 5.69 Å². The maximum absolute atomic E-state index is 8.91. The molecule has 0 aliphatic carbocycles. The van der Waals surface area contributed by atoms with Crippen molar-refractivity contribution in [1.82, 2.24) is 0 Å². The Bertz CT molecular complexity index is 410. The zero-order chi connectivity index (χ0) is 12.8. The van der Waals surface area contributed by atoms with Crippen LogP contribution in [-0.4, -0.2) is 19.8 Å². The lowest BCUT2D eigenvalue weighted by Crippen LogP contribution is -2.30. The van der Waals surface area contributed by atoms with Gasteiger partial charge in [-0.05, 0) is 18.1 Å². The second-order valence-corrected chi connectivity index (χ2v) is 4.33. The molecule has 0 aromatic heterocycles. The van der Waals surface area contributed by atoms with Gasteiger partial charge < -0.3 is 15.8 Å². The molecule has 1 aromatic rings. The number of methoxy groups -OCH3 is 1. The minimum Gasteiger partial charge on any atom is -0.396 e. The summed E-state index contributed by atoms with van der Waals surface area (Å²) in [4.78, 5) is 0. The van der Waals surface area contributed by atoms with Crippen molar-refractivity contribution >= 4 is 11.4 Å². The van der Waals surface area contributed by atoms with E-state index in [9.17, 15) is 0 Å². The van der Waals surface area contributed by atoms with Gasteiger partial charge in [-0.1, -0.05) is 19.9 Å². The number of benzene rings is 1. The van der Waals surface area contributed by atoms with Crippen LogP contribution in [0.15, 0.2) is 18.2 Å². The van der Waals surface area contributed by atoms with Gasteiger partial charge in [0, 0.05) is 7.11 Å². The van der Waals surface area contributed by atoms with E-state index < -0.39 is 0 Å². The van der Waals surface area contributed by atoms with Crippen LogP contribution in [0.3, 0.4) is 0 Å². The fraction of sp³-hybridized carbons (Fsp3) is 0.462. The lowest BCUT2D eigenvalue weighted by atomic mass is 10.0. The van der Waals surface area contributed by atoms with E-state index in [-0.39, 0.29) is 6.04 Å². The molecular formula is C13H19N3O. The van der Waals surface area contributed by atoms with E-state index in [4.69, 9.17) is 15.7 Å². The molecule has 92 valence electrons. The third kappa shape index (κ3) is 3.36. The number of nitrogens with one attached hydrogen (secondary N) is 1. The quantitative estimate of drug-likeness (QED) is 0.765. The SMILES string of the molecule is COCC(Nc1cccc(C#N)c1N)C(C)C.